The molecule has 0 atom stereocenters. The maximum atomic E-state index is 12.7. The highest BCUT2D eigenvalue weighted by molar-refractivity contribution is 6.05. The van der Waals surface area contributed by atoms with E-state index in [2.05, 4.69) is 14.8 Å². The lowest BCUT2D eigenvalue weighted by atomic mass is 10.1. The molecular formula is C28H29N5O2. The number of nitrogens with one attached hydrogen (secondary N) is 1. The average molecular weight is 468 g/mol. The summed E-state index contributed by atoms with van der Waals surface area (Å²) in [6, 6.07) is 22.8. The molecule has 0 radical (unpaired) electrons. The van der Waals surface area contributed by atoms with E-state index in [0.717, 1.165) is 46.8 Å². The van der Waals surface area contributed by atoms with E-state index >= 15 is 0 Å². The summed E-state index contributed by atoms with van der Waals surface area (Å²) in [7, 11) is 2.02. The van der Waals surface area contributed by atoms with Crippen molar-refractivity contribution in [1.29, 1.82) is 0 Å². The van der Waals surface area contributed by atoms with Gasteiger partial charge in [-0.1, -0.05) is 36.4 Å². The fourth-order valence-corrected chi connectivity index (χ4v) is 4.57. The fourth-order valence-electron chi connectivity index (χ4n) is 4.57. The van der Waals surface area contributed by atoms with Gasteiger partial charge >= 0.3 is 0 Å². The van der Waals surface area contributed by atoms with Crippen molar-refractivity contribution in [1.82, 2.24) is 19.4 Å². The van der Waals surface area contributed by atoms with E-state index in [-0.39, 0.29) is 11.8 Å². The third-order valence-corrected chi connectivity index (χ3v) is 6.67. The zero-order chi connectivity index (χ0) is 24.4. The van der Waals surface area contributed by atoms with E-state index in [1.165, 1.54) is 0 Å². The van der Waals surface area contributed by atoms with Crippen LogP contribution < -0.4 is 5.32 Å². The Morgan fingerprint density at radius 2 is 1.63 bits per heavy atom. The molecule has 7 heteroatoms. The number of carbonyl (C=O) groups is 2. The number of carbonyl (C=O) groups excluding carboxylic acids is 2. The minimum atomic E-state index is -0.124. The predicted octanol–water partition coefficient (Wildman–Crippen LogP) is 4.09. The maximum absolute atomic E-state index is 12.7. The van der Waals surface area contributed by atoms with E-state index in [1.807, 2.05) is 91.7 Å². The summed E-state index contributed by atoms with van der Waals surface area (Å²) < 4.78 is 2.10. The number of imidazole rings is 1. The highest BCUT2D eigenvalue weighted by Gasteiger charge is 2.23. The molecule has 1 saturated heterocycles. The second kappa shape index (κ2) is 9.72. The molecule has 1 aromatic heterocycles. The van der Waals surface area contributed by atoms with E-state index in [4.69, 9.17) is 4.98 Å². The molecule has 178 valence electrons. The summed E-state index contributed by atoms with van der Waals surface area (Å²) in [6.07, 6.45) is 0. The number of fused-ring (bicyclic) bond motifs is 1. The maximum Gasteiger partial charge on any atom is 0.255 e. The molecule has 0 spiro atoms. The van der Waals surface area contributed by atoms with Gasteiger partial charge in [0.15, 0.2) is 0 Å². The molecule has 5 rings (SSSR count). The van der Waals surface area contributed by atoms with Gasteiger partial charge in [0.1, 0.15) is 5.82 Å². The van der Waals surface area contributed by atoms with Gasteiger partial charge in [0.25, 0.3) is 11.8 Å². The summed E-state index contributed by atoms with van der Waals surface area (Å²) >= 11 is 0. The number of aromatic nitrogens is 2. The number of hydrogen-bond acceptors (Lipinski definition) is 4. The second-order valence-electron chi connectivity index (χ2n) is 8.99. The lowest BCUT2D eigenvalue weighted by Crippen LogP contribution is -2.48. The Bertz CT molecular complexity index is 1370. The Morgan fingerprint density at radius 3 is 2.37 bits per heavy atom. The van der Waals surface area contributed by atoms with Gasteiger partial charge in [-0.3, -0.25) is 14.5 Å². The van der Waals surface area contributed by atoms with Crippen molar-refractivity contribution in [3.8, 4) is 0 Å². The van der Waals surface area contributed by atoms with Crippen molar-refractivity contribution in [3.05, 3.63) is 95.3 Å². The second-order valence-corrected chi connectivity index (χ2v) is 8.99. The molecule has 1 aliphatic rings. The number of aryl methyl sites for hydroxylation is 2. The molecule has 1 fully saturated rings. The van der Waals surface area contributed by atoms with Crippen LogP contribution in [0.4, 0.5) is 5.69 Å². The van der Waals surface area contributed by atoms with E-state index in [9.17, 15) is 9.59 Å². The first-order valence-electron chi connectivity index (χ1n) is 11.9. The Morgan fingerprint density at radius 1 is 0.914 bits per heavy atom. The van der Waals surface area contributed by atoms with Gasteiger partial charge in [-0.25, -0.2) is 4.98 Å². The van der Waals surface area contributed by atoms with Crippen LogP contribution in [-0.4, -0.2) is 57.3 Å². The molecule has 1 N–H and O–H groups in total. The highest BCUT2D eigenvalue weighted by atomic mass is 16.2. The fraction of sp³-hybridized carbons (Fsp3) is 0.250. The summed E-state index contributed by atoms with van der Waals surface area (Å²) in [5.41, 5.74) is 4.94. The third kappa shape index (κ3) is 4.81. The molecule has 4 aromatic rings. The molecule has 35 heavy (non-hydrogen) atoms. The van der Waals surface area contributed by atoms with Crippen LogP contribution in [0.3, 0.4) is 0 Å². The Labute approximate surface area is 205 Å². The summed E-state index contributed by atoms with van der Waals surface area (Å²) in [4.78, 5) is 34.5. The van der Waals surface area contributed by atoms with Gasteiger partial charge in [-0.2, -0.15) is 0 Å². The normalized spacial score (nSPS) is 14.3. The summed E-state index contributed by atoms with van der Waals surface area (Å²) in [6.45, 7) is 5.66. The smallest absolute Gasteiger partial charge is 0.255 e. The standard InChI is InChI=1S/C28H29N5O2/c1-20-8-6-7-11-23(20)27(34)29-22-12-13-25-24(18-22)30-26(31(25)2)19-32-14-16-33(17-15-32)28(35)21-9-4-3-5-10-21/h3-13,18H,14-17,19H2,1-2H3,(H,29,34). The molecule has 1 aliphatic heterocycles. The predicted molar refractivity (Wildman–Crippen MR) is 137 cm³/mol. The Hall–Kier alpha value is -3.97. The van der Waals surface area contributed by atoms with Crippen molar-refractivity contribution < 1.29 is 9.59 Å². The van der Waals surface area contributed by atoms with Gasteiger partial charge in [-0.15, -0.1) is 0 Å². The average Bonchev–Trinajstić information content (AvgIpc) is 3.19. The monoisotopic (exact) mass is 467 g/mol. The van der Waals surface area contributed by atoms with E-state index < -0.39 is 0 Å². The summed E-state index contributed by atoms with van der Waals surface area (Å²) in [5, 5.41) is 2.99. The molecule has 0 bridgehead atoms. The van der Waals surface area contributed by atoms with Crippen LogP contribution >= 0.6 is 0 Å². The number of rotatable bonds is 5. The third-order valence-electron chi connectivity index (χ3n) is 6.67. The Kier molecular flexibility index (Phi) is 6.33. The van der Waals surface area contributed by atoms with Crippen LogP contribution in [0.1, 0.15) is 32.1 Å². The number of amides is 2. The van der Waals surface area contributed by atoms with Crippen molar-refractivity contribution in [2.75, 3.05) is 31.5 Å². The lowest BCUT2D eigenvalue weighted by molar-refractivity contribution is 0.0624. The van der Waals surface area contributed by atoms with Gasteiger partial charge in [-0.05, 0) is 48.9 Å². The van der Waals surface area contributed by atoms with Crippen LogP contribution in [-0.2, 0) is 13.6 Å². The number of piperazine rings is 1. The van der Waals surface area contributed by atoms with Crippen molar-refractivity contribution in [2.45, 2.75) is 13.5 Å². The SMILES string of the molecule is Cc1ccccc1C(=O)Nc1ccc2c(c1)nc(CN1CCN(C(=O)c3ccccc3)CC1)n2C. The van der Waals surface area contributed by atoms with Gasteiger partial charge < -0.3 is 14.8 Å². The minimum absolute atomic E-state index is 0.0910. The first-order chi connectivity index (χ1) is 17.0. The van der Waals surface area contributed by atoms with E-state index in [0.29, 0.717) is 25.2 Å². The van der Waals surface area contributed by atoms with Crippen LogP contribution in [0.5, 0.6) is 0 Å². The Balaban J connectivity index is 1.24. The van der Waals surface area contributed by atoms with Crippen molar-refractivity contribution in [3.63, 3.8) is 0 Å². The van der Waals surface area contributed by atoms with Gasteiger partial charge in [0.05, 0.1) is 17.6 Å². The van der Waals surface area contributed by atoms with Gasteiger partial charge in [0.2, 0.25) is 0 Å². The highest BCUT2D eigenvalue weighted by Crippen LogP contribution is 2.22. The number of anilines is 1. The zero-order valence-corrected chi connectivity index (χ0v) is 20.1. The lowest BCUT2D eigenvalue weighted by Gasteiger charge is -2.34. The zero-order valence-electron chi connectivity index (χ0n) is 20.1. The summed E-state index contributed by atoms with van der Waals surface area (Å²) in [5.74, 6) is 0.931. The van der Waals surface area contributed by atoms with Crippen LogP contribution in [0.25, 0.3) is 11.0 Å². The topological polar surface area (TPSA) is 70.5 Å². The molecular weight excluding hydrogens is 438 g/mol. The van der Waals surface area contributed by atoms with Crippen molar-refractivity contribution in [2.24, 2.45) is 7.05 Å². The van der Waals surface area contributed by atoms with Crippen LogP contribution in [0.2, 0.25) is 0 Å². The van der Waals surface area contributed by atoms with Gasteiger partial charge in [0, 0.05) is 50.0 Å². The molecule has 0 aliphatic carbocycles. The number of hydrogen-bond donors (Lipinski definition) is 1. The van der Waals surface area contributed by atoms with Crippen LogP contribution in [0.15, 0.2) is 72.8 Å². The van der Waals surface area contributed by atoms with Crippen LogP contribution in [0, 0.1) is 6.92 Å². The minimum Gasteiger partial charge on any atom is -0.336 e. The largest absolute Gasteiger partial charge is 0.336 e. The molecule has 0 saturated carbocycles. The first-order valence-corrected chi connectivity index (χ1v) is 11.9. The van der Waals surface area contributed by atoms with Crippen molar-refractivity contribution >= 4 is 28.5 Å². The first kappa shape index (κ1) is 22.8. The molecule has 3 aromatic carbocycles. The molecule has 7 nitrogen and oxygen atoms in total. The van der Waals surface area contributed by atoms with E-state index in [1.54, 1.807) is 0 Å². The number of nitrogens with zero attached hydrogens (tertiary/aromatic N) is 4. The quantitative estimate of drug-likeness (QED) is 0.480. The number of benzene rings is 3. The molecule has 0 unspecified atom stereocenters. The molecule has 2 amide bonds. The molecule has 2 heterocycles.